The van der Waals surface area contributed by atoms with Crippen LogP contribution >= 0.6 is 11.3 Å². The molecule has 1 amide bonds. The number of nitro groups is 1. The molecule has 0 fully saturated rings. The highest BCUT2D eigenvalue weighted by Gasteiger charge is 2.41. The zero-order valence-electron chi connectivity index (χ0n) is 15.7. The van der Waals surface area contributed by atoms with Crippen molar-refractivity contribution in [2.24, 2.45) is 12.8 Å². The van der Waals surface area contributed by atoms with E-state index in [1.807, 2.05) is 0 Å². The number of aromatic nitrogens is 4. The molecule has 0 bridgehead atoms. The van der Waals surface area contributed by atoms with Crippen molar-refractivity contribution in [1.29, 1.82) is 0 Å². The van der Waals surface area contributed by atoms with Gasteiger partial charge in [-0.1, -0.05) is 11.3 Å². The average molecular weight is 492 g/mol. The number of aryl methyl sites for hydroxylation is 1. The van der Waals surface area contributed by atoms with E-state index >= 15 is 0 Å². The second kappa shape index (κ2) is 8.24. The van der Waals surface area contributed by atoms with Crippen molar-refractivity contribution in [2.45, 2.75) is 17.1 Å². The zero-order chi connectivity index (χ0) is 23.8. The molecule has 17 heteroatoms. The molecule has 0 unspecified atom stereocenters. The van der Waals surface area contributed by atoms with Gasteiger partial charge in [-0.2, -0.15) is 26.7 Å². The van der Waals surface area contributed by atoms with Gasteiger partial charge in [-0.3, -0.25) is 23.8 Å². The van der Waals surface area contributed by atoms with E-state index < -0.39 is 55.0 Å². The van der Waals surface area contributed by atoms with Crippen LogP contribution in [0.15, 0.2) is 28.6 Å². The third-order valence-electron chi connectivity index (χ3n) is 3.91. The van der Waals surface area contributed by atoms with Gasteiger partial charge in [0.1, 0.15) is 11.3 Å². The van der Waals surface area contributed by atoms with E-state index in [0.29, 0.717) is 21.6 Å². The predicted octanol–water partition coefficient (Wildman–Crippen LogP) is 1.87. The number of carbonyl (C=O) groups excluding carboxylic acids is 1. The molecule has 0 aliphatic rings. The van der Waals surface area contributed by atoms with Gasteiger partial charge in [0.2, 0.25) is 0 Å². The number of primary amides is 1. The normalized spacial score (nSPS) is 12.1. The van der Waals surface area contributed by atoms with Gasteiger partial charge in [0.25, 0.3) is 15.9 Å². The summed E-state index contributed by atoms with van der Waals surface area (Å²) in [5.41, 5.74) is 2.18. The van der Waals surface area contributed by atoms with Crippen LogP contribution in [-0.4, -0.2) is 39.2 Å². The SMILES string of the molecule is Cn1nc(C(F)(F)F)c(C(N)=O)c1-c1nnc(S(=O)(=O)OCc2ccc([N+](=O)[O-])cc2)s1. The van der Waals surface area contributed by atoms with Gasteiger partial charge in [0.15, 0.2) is 10.7 Å². The quantitative estimate of drug-likeness (QED) is 0.293. The first kappa shape index (κ1) is 23.2. The third kappa shape index (κ3) is 4.58. The molecular weight excluding hydrogens is 481 g/mol. The third-order valence-corrected chi connectivity index (χ3v) is 6.44. The van der Waals surface area contributed by atoms with Crippen molar-refractivity contribution in [3.05, 3.63) is 51.2 Å². The lowest BCUT2D eigenvalue weighted by Gasteiger charge is -2.04. The summed E-state index contributed by atoms with van der Waals surface area (Å²) in [4.78, 5) is 21.7. The van der Waals surface area contributed by atoms with Gasteiger partial charge < -0.3 is 5.73 Å². The first-order valence-corrected chi connectivity index (χ1v) is 10.4. The molecular formula is C15H11F3N6O6S2. The first-order valence-electron chi connectivity index (χ1n) is 8.22. The molecule has 0 saturated carbocycles. The Morgan fingerprint density at radius 3 is 2.44 bits per heavy atom. The fraction of sp³-hybridized carbons (Fsp3) is 0.200. The number of nitro benzene ring substituents is 1. The Balaban J connectivity index is 1.89. The molecule has 1 aromatic carbocycles. The molecule has 3 rings (SSSR count). The minimum Gasteiger partial charge on any atom is -0.365 e. The molecule has 0 aliphatic carbocycles. The molecule has 2 heterocycles. The summed E-state index contributed by atoms with van der Waals surface area (Å²) >= 11 is 0.344. The van der Waals surface area contributed by atoms with Crippen LogP contribution < -0.4 is 5.73 Å². The lowest BCUT2D eigenvalue weighted by atomic mass is 10.1. The molecule has 0 spiro atoms. The number of nitrogens with two attached hydrogens (primary N) is 1. The van der Waals surface area contributed by atoms with Gasteiger partial charge in [0, 0.05) is 19.2 Å². The summed E-state index contributed by atoms with van der Waals surface area (Å²) in [6.07, 6.45) is -4.99. The summed E-state index contributed by atoms with van der Waals surface area (Å²) < 4.78 is 69.1. The molecule has 0 aliphatic heterocycles. The minimum atomic E-state index is -4.99. The molecule has 2 aromatic heterocycles. The Bertz CT molecular complexity index is 1300. The lowest BCUT2D eigenvalue weighted by molar-refractivity contribution is -0.384. The maximum Gasteiger partial charge on any atom is 0.435 e. The highest BCUT2D eigenvalue weighted by atomic mass is 32.3. The van der Waals surface area contributed by atoms with Crippen molar-refractivity contribution < 1.29 is 35.5 Å². The second-order valence-corrected chi connectivity index (χ2v) is 8.84. The lowest BCUT2D eigenvalue weighted by Crippen LogP contribution is -2.18. The largest absolute Gasteiger partial charge is 0.435 e. The van der Waals surface area contributed by atoms with Gasteiger partial charge in [-0.25, -0.2) is 0 Å². The summed E-state index contributed by atoms with van der Waals surface area (Å²) in [6, 6.07) is 4.87. The molecule has 0 saturated heterocycles. The van der Waals surface area contributed by atoms with Crippen LogP contribution in [0.2, 0.25) is 0 Å². The molecule has 2 N–H and O–H groups in total. The zero-order valence-corrected chi connectivity index (χ0v) is 17.4. The van der Waals surface area contributed by atoms with E-state index in [1.165, 1.54) is 12.1 Å². The van der Waals surface area contributed by atoms with Crippen LogP contribution in [0.3, 0.4) is 0 Å². The van der Waals surface area contributed by atoms with Crippen molar-refractivity contribution >= 4 is 33.0 Å². The molecule has 0 radical (unpaired) electrons. The van der Waals surface area contributed by atoms with E-state index in [1.54, 1.807) is 0 Å². The maximum atomic E-state index is 13.2. The second-order valence-electron chi connectivity index (χ2n) is 6.07. The fourth-order valence-corrected chi connectivity index (χ4v) is 4.50. The molecule has 12 nitrogen and oxygen atoms in total. The van der Waals surface area contributed by atoms with Crippen LogP contribution in [0.1, 0.15) is 21.6 Å². The Morgan fingerprint density at radius 1 is 1.28 bits per heavy atom. The van der Waals surface area contributed by atoms with E-state index in [2.05, 4.69) is 15.3 Å². The highest BCUT2D eigenvalue weighted by molar-refractivity contribution is 7.88. The number of carbonyl (C=O) groups is 1. The van der Waals surface area contributed by atoms with Crippen molar-refractivity contribution in [3.63, 3.8) is 0 Å². The standard InChI is InChI=1S/C15H11F3N6O6S2/c1-23-10(9(12(19)25)11(22-23)15(16,17)18)13-20-21-14(31-13)32(28,29)30-6-7-2-4-8(5-3-7)24(26)27/h2-5H,6H2,1H3,(H2,19,25). The molecule has 0 atom stereocenters. The number of hydrogen-bond donors (Lipinski definition) is 1. The van der Waals surface area contributed by atoms with Crippen LogP contribution in [0.5, 0.6) is 0 Å². The van der Waals surface area contributed by atoms with E-state index in [0.717, 1.165) is 19.2 Å². The molecule has 3 aromatic rings. The minimum absolute atomic E-state index is 0.204. The Kier molecular flexibility index (Phi) is 5.98. The molecule has 32 heavy (non-hydrogen) atoms. The number of non-ortho nitro benzene ring substituents is 1. The topological polar surface area (TPSA) is 173 Å². The number of rotatable bonds is 7. The monoisotopic (exact) mass is 492 g/mol. The fourth-order valence-electron chi connectivity index (χ4n) is 2.52. The summed E-state index contributed by atoms with van der Waals surface area (Å²) in [7, 11) is -3.40. The predicted molar refractivity (Wildman–Crippen MR) is 101 cm³/mol. The Hall–Kier alpha value is -3.44. The van der Waals surface area contributed by atoms with Gasteiger partial charge in [0.05, 0.1) is 11.5 Å². The van der Waals surface area contributed by atoms with Gasteiger partial charge in [-0.05, 0) is 17.7 Å². The van der Waals surface area contributed by atoms with Crippen LogP contribution in [0, 0.1) is 10.1 Å². The van der Waals surface area contributed by atoms with E-state index in [9.17, 15) is 36.5 Å². The van der Waals surface area contributed by atoms with Gasteiger partial charge >= 0.3 is 16.3 Å². The van der Waals surface area contributed by atoms with E-state index in [4.69, 9.17) is 9.92 Å². The number of halogens is 3. The Labute approximate surface area is 180 Å². The summed E-state index contributed by atoms with van der Waals surface area (Å²) in [6.45, 7) is -0.494. The van der Waals surface area contributed by atoms with Crippen molar-refractivity contribution in [2.75, 3.05) is 0 Å². The van der Waals surface area contributed by atoms with Crippen LogP contribution in [0.4, 0.5) is 18.9 Å². The number of benzene rings is 1. The summed E-state index contributed by atoms with van der Waals surface area (Å²) in [5, 5.41) is 20.5. The highest BCUT2D eigenvalue weighted by Crippen LogP contribution is 2.37. The van der Waals surface area contributed by atoms with Crippen molar-refractivity contribution in [1.82, 2.24) is 20.0 Å². The number of amides is 1. The first-order chi connectivity index (χ1) is 14.8. The maximum absolute atomic E-state index is 13.2. The van der Waals surface area contributed by atoms with Crippen LogP contribution in [0.25, 0.3) is 10.7 Å². The molecule has 170 valence electrons. The number of alkyl halides is 3. The van der Waals surface area contributed by atoms with Gasteiger partial charge in [-0.15, -0.1) is 10.2 Å². The smallest absolute Gasteiger partial charge is 0.365 e. The Morgan fingerprint density at radius 2 is 1.91 bits per heavy atom. The number of hydrogen-bond acceptors (Lipinski definition) is 10. The summed E-state index contributed by atoms with van der Waals surface area (Å²) in [5.74, 6) is -1.44. The van der Waals surface area contributed by atoms with Crippen molar-refractivity contribution in [3.8, 4) is 10.7 Å². The van der Waals surface area contributed by atoms with E-state index in [-0.39, 0.29) is 10.7 Å². The number of nitrogens with zero attached hydrogens (tertiary/aromatic N) is 5. The average Bonchev–Trinajstić information content (AvgIpc) is 3.31. The van der Waals surface area contributed by atoms with Crippen LogP contribution in [-0.2, 0) is 34.1 Å².